The van der Waals surface area contributed by atoms with Crippen molar-refractivity contribution in [3.63, 3.8) is 0 Å². The number of likely N-dealkylation sites (tertiary alicyclic amines) is 1. The van der Waals surface area contributed by atoms with E-state index in [1.165, 1.54) is 11.1 Å². The number of fused-ring (bicyclic) bond motifs is 2. The Morgan fingerprint density at radius 3 is 2.79 bits per heavy atom. The highest BCUT2D eigenvalue weighted by atomic mass is 19.1. The van der Waals surface area contributed by atoms with Gasteiger partial charge in [-0.15, -0.1) is 0 Å². The molecule has 9 nitrogen and oxygen atoms in total. The molecule has 34 heavy (non-hydrogen) atoms. The number of halogens is 1. The largest absolute Gasteiger partial charge is 0.474 e. The number of likely N-dealkylation sites (N-methyl/N-ethyl adjacent to an activating group) is 1. The van der Waals surface area contributed by atoms with Crippen LogP contribution in [0.4, 0.5) is 26.4 Å². The maximum atomic E-state index is 15.4. The van der Waals surface area contributed by atoms with E-state index in [-0.39, 0.29) is 23.2 Å². The minimum Gasteiger partial charge on any atom is -0.474 e. The van der Waals surface area contributed by atoms with Crippen LogP contribution in [-0.4, -0.2) is 65.4 Å². The number of amides is 1. The molecular formula is C24H27FN6O3. The molecule has 0 radical (unpaired) electrons. The summed E-state index contributed by atoms with van der Waals surface area (Å²) in [6.45, 7) is 6.46. The number of rotatable bonds is 3. The van der Waals surface area contributed by atoms with Gasteiger partial charge in [0, 0.05) is 48.5 Å². The molecule has 2 aliphatic heterocycles. The summed E-state index contributed by atoms with van der Waals surface area (Å²) in [5, 5.41) is 14.3. The number of aromatic nitrogens is 2. The number of nitrogen functional groups attached to an aromatic ring is 1. The zero-order chi connectivity index (χ0) is 24.1. The van der Waals surface area contributed by atoms with E-state index >= 15 is 4.39 Å². The molecule has 4 heterocycles. The monoisotopic (exact) mass is 466 g/mol. The van der Waals surface area contributed by atoms with Crippen LogP contribution in [-0.2, 0) is 0 Å². The van der Waals surface area contributed by atoms with Crippen LogP contribution >= 0.6 is 0 Å². The molecule has 1 fully saturated rings. The summed E-state index contributed by atoms with van der Waals surface area (Å²) in [5.74, 6) is 0.358. The Labute approximate surface area is 196 Å². The Bertz CT molecular complexity index is 1300. The van der Waals surface area contributed by atoms with Crippen LogP contribution in [0, 0.1) is 18.7 Å². The van der Waals surface area contributed by atoms with Crippen LogP contribution < -0.4 is 20.7 Å². The summed E-state index contributed by atoms with van der Waals surface area (Å²) in [4.78, 5) is 24.3. The Hall–Kier alpha value is -3.66. The van der Waals surface area contributed by atoms with Crippen molar-refractivity contribution in [2.24, 2.45) is 5.92 Å². The van der Waals surface area contributed by atoms with Gasteiger partial charge in [-0.3, -0.25) is 4.90 Å². The second kappa shape index (κ2) is 8.28. The standard InChI is InChI=1S/C24H27FN6O3/c1-12-10-30(3)11-18(12)31(24(32)33)19-7-14-6-15(20(25)21(26)17(14)9-28-19)16-8-29-23-22(13(16)2)27-4-5-34-23/h6-9,12,18,27H,4-5,10-11,26H2,1-3H3,(H,32,33)/t12-,18-/m0/s1. The van der Waals surface area contributed by atoms with Crippen molar-refractivity contribution in [2.45, 2.75) is 19.9 Å². The maximum Gasteiger partial charge on any atom is 0.413 e. The van der Waals surface area contributed by atoms with E-state index in [1.807, 2.05) is 20.9 Å². The average molecular weight is 467 g/mol. The van der Waals surface area contributed by atoms with E-state index in [4.69, 9.17) is 10.5 Å². The van der Waals surface area contributed by atoms with E-state index in [0.29, 0.717) is 47.7 Å². The molecule has 1 amide bonds. The highest BCUT2D eigenvalue weighted by Gasteiger charge is 2.36. The van der Waals surface area contributed by atoms with Crippen molar-refractivity contribution in [3.05, 3.63) is 35.9 Å². The number of hydrogen-bond acceptors (Lipinski definition) is 7. The fourth-order valence-electron chi connectivity index (χ4n) is 5.04. The molecule has 3 aromatic rings. The molecule has 0 spiro atoms. The van der Waals surface area contributed by atoms with E-state index in [1.54, 1.807) is 18.3 Å². The molecule has 178 valence electrons. The van der Waals surface area contributed by atoms with Crippen molar-refractivity contribution >= 4 is 34.1 Å². The quantitative estimate of drug-likeness (QED) is 0.502. The number of carbonyl (C=O) groups is 1. The Balaban J connectivity index is 1.64. The number of nitrogens with zero attached hydrogens (tertiary/aromatic N) is 4. The zero-order valence-corrected chi connectivity index (χ0v) is 19.3. The first kappa shape index (κ1) is 22.1. The molecule has 1 saturated heterocycles. The molecule has 0 aliphatic carbocycles. The van der Waals surface area contributed by atoms with Gasteiger partial charge in [0.05, 0.1) is 11.7 Å². The normalized spacial score (nSPS) is 20.0. The van der Waals surface area contributed by atoms with E-state index in [0.717, 1.165) is 17.8 Å². The molecule has 0 unspecified atom stereocenters. The van der Waals surface area contributed by atoms with Gasteiger partial charge in [0.1, 0.15) is 18.1 Å². The summed E-state index contributed by atoms with van der Waals surface area (Å²) in [6.07, 6.45) is 1.95. The van der Waals surface area contributed by atoms with Gasteiger partial charge >= 0.3 is 6.09 Å². The van der Waals surface area contributed by atoms with E-state index in [9.17, 15) is 9.90 Å². The summed E-state index contributed by atoms with van der Waals surface area (Å²) in [5.41, 5.74) is 8.55. The second-order valence-corrected chi connectivity index (χ2v) is 9.09. The zero-order valence-electron chi connectivity index (χ0n) is 19.3. The lowest BCUT2D eigenvalue weighted by molar-refractivity contribution is 0.197. The number of anilines is 3. The van der Waals surface area contributed by atoms with Gasteiger partial charge in [-0.2, -0.15) is 0 Å². The van der Waals surface area contributed by atoms with Crippen molar-refractivity contribution in [1.82, 2.24) is 14.9 Å². The highest BCUT2D eigenvalue weighted by molar-refractivity contribution is 5.99. The molecule has 5 rings (SSSR count). The molecule has 2 aliphatic rings. The third-order valence-electron chi connectivity index (χ3n) is 6.76. The minimum absolute atomic E-state index is 0.0382. The number of nitrogens with one attached hydrogen (secondary N) is 1. The topological polar surface area (TPSA) is 117 Å². The fraction of sp³-hybridized carbons (Fsp3) is 0.375. The highest BCUT2D eigenvalue weighted by Crippen LogP contribution is 2.40. The molecule has 0 bridgehead atoms. The third-order valence-corrected chi connectivity index (χ3v) is 6.76. The number of benzene rings is 1. The number of carboxylic acid groups (broad SMARTS) is 1. The second-order valence-electron chi connectivity index (χ2n) is 9.09. The molecule has 1 aromatic carbocycles. The molecule has 2 atom stereocenters. The van der Waals surface area contributed by atoms with Gasteiger partial charge in [0.25, 0.3) is 0 Å². The summed E-state index contributed by atoms with van der Waals surface area (Å²) in [6, 6.07) is 3.11. The lowest BCUT2D eigenvalue weighted by Crippen LogP contribution is -2.44. The molecule has 0 saturated carbocycles. The van der Waals surface area contributed by atoms with Crippen molar-refractivity contribution in [3.8, 4) is 17.0 Å². The van der Waals surface area contributed by atoms with Gasteiger partial charge in [-0.1, -0.05) is 6.92 Å². The number of pyridine rings is 2. The molecular weight excluding hydrogens is 439 g/mol. The average Bonchev–Trinajstić information content (AvgIpc) is 3.14. The maximum absolute atomic E-state index is 15.4. The molecule has 4 N–H and O–H groups in total. The number of hydrogen-bond donors (Lipinski definition) is 3. The van der Waals surface area contributed by atoms with E-state index < -0.39 is 11.9 Å². The van der Waals surface area contributed by atoms with Gasteiger partial charge in [0.2, 0.25) is 5.88 Å². The lowest BCUT2D eigenvalue weighted by atomic mass is 9.97. The van der Waals surface area contributed by atoms with Crippen molar-refractivity contribution < 1.29 is 19.0 Å². The SMILES string of the molecule is Cc1c(-c2cc3cc(N(C(=O)O)[C@H]4CN(C)C[C@@H]4C)ncc3c(N)c2F)cnc2c1NCCO2. The molecule has 2 aromatic heterocycles. The molecule has 10 heteroatoms. The van der Waals surface area contributed by atoms with Crippen LogP contribution in [0.1, 0.15) is 12.5 Å². The summed E-state index contributed by atoms with van der Waals surface area (Å²) < 4.78 is 21.0. The number of ether oxygens (including phenoxy) is 1. The van der Waals surface area contributed by atoms with Crippen molar-refractivity contribution in [1.29, 1.82) is 0 Å². The fourth-order valence-corrected chi connectivity index (χ4v) is 5.04. The Morgan fingerprint density at radius 1 is 1.29 bits per heavy atom. The summed E-state index contributed by atoms with van der Waals surface area (Å²) >= 11 is 0. The summed E-state index contributed by atoms with van der Waals surface area (Å²) in [7, 11) is 1.97. The first-order valence-electron chi connectivity index (χ1n) is 11.2. The third kappa shape index (κ3) is 3.54. The Morgan fingerprint density at radius 2 is 2.09 bits per heavy atom. The Kier molecular flexibility index (Phi) is 5.40. The predicted molar refractivity (Wildman–Crippen MR) is 129 cm³/mol. The van der Waals surface area contributed by atoms with Gasteiger partial charge in [0.15, 0.2) is 5.82 Å². The van der Waals surface area contributed by atoms with Crippen LogP contribution in [0.5, 0.6) is 5.88 Å². The van der Waals surface area contributed by atoms with Gasteiger partial charge in [-0.25, -0.2) is 19.2 Å². The van der Waals surface area contributed by atoms with Crippen LogP contribution in [0.15, 0.2) is 24.5 Å². The van der Waals surface area contributed by atoms with Crippen molar-refractivity contribution in [2.75, 3.05) is 49.2 Å². The van der Waals surface area contributed by atoms with E-state index in [2.05, 4.69) is 20.2 Å². The number of nitrogens with two attached hydrogens (primary N) is 1. The first-order valence-corrected chi connectivity index (χ1v) is 11.2. The van der Waals surface area contributed by atoms with Crippen LogP contribution in [0.3, 0.4) is 0 Å². The minimum atomic E-state index is -1.07. The predicted octanol–water partition coefficient (Wildman–Crippen LogP) is 3.57. The first-order chi connectivity index (χ1) is 16.3. The van der Waals surface area contributed by atoms with Crippen LogP contribution in [0.2, 0.25) is 0 Å². The van der Waals surface area contributed by atoms with Gasteiger partial charge < -0.3 is 25.8 Å². The lowest BCUT2D eigenvalue weighted by Gasteiger charge is -2.28. The smallest absolute Gasteiger partial charge is 0.413 e. The van der Waals surface area contributed by atoms with Crippen LogP contribution in [0.25, 0.3) is 21.9 Å². The van der Waals surface area contributed by atoms with Gasteiger partial charge in [-0.05, 0) is 43.0 Å².